The van der Waals surface area contributed by atoms with Crippen LogP contribution in [0.2, 0.25) is 0 Å². The van der Waals surface area contributed by atoms with E-state index >= 15 is 0 Å². The fraction of sp³-hybridized carbons (Fsp3) is 0.304. The fourth-order valence-electron chi connectivity index (χ4n) is 3.90. The van der Waals surface area contributed by atoms with Crippen molar-refractivity contribution in [3.05, 3.63) is 72.1 Å². The summed E-state index contributed by atoms with van der Waals surface area (Å²) in [6, 6.07) is 16.0. The predicted molar refractivity (Wildman–Crippen MR) is 107 cm³/mol. The molecule has 0 aliphatic carbocycles. The number of carbonyl (C=O) groups is 1. The van der Waals surface area contributed by atoms with E-state index in [1.165, 1.54) is 5.56 Å². The third kappa shape index (κ3) is 4.01. The van der Waals surface area contributed by atoms with E-state index in [-0.39, 0.29) is 11.7 Å². The summed E-state index contributed by atoms with van der Waals surface area (Å²) in [4.78, 5) is 19.7. The first-order chi connectivity index (χ1) is 13.2. The van der Waals surface area contributed by atoms with Gasteiger partial charge in [-0.2, -0.15) is 0 Å². The number of benzene rings is 2. The van der Waals surface area contributed by atoms with Crippen molar-refractivity contribution in [2.45, 2.75) is 19.4 Å². The Morgan fingerprint density at radius 3 is 2.85 bits per heavy atom. The first-order valence-corrected chi connectivity index (χ1v) is 9.46. The number of pyridine rings is 1. The van der Waals surface area contributed by atoms with Crippen molar-refractivity contribution >= 4 is 16.6 Å². The average molecular weight is 360 g/mol. The van der Waals surface area contributed by atoms with Crippen molar-refractivity contribution in [3.8, 4) is 5.75 Å². The Morgan fingerprint density at radius 2 is 2.04 bits per heavy atom. The lowest BCUT2D eigenvalue weighted by atomic mass is 9.89. The van der Waals surface area contributed by atoms with E-state index in [1.54, 1.807) is 13.3 Å². The molecule has 1 aromatic heterocycles. The van der Waals surface area contributed by atoms with E-state index in [0.29, 0.717) is 0 Å². The quantitative estimate of drug-likeness (QED) is 0.635. The van der Waals surface area contributed by atoms with E-state index in [0.717, 1.165) is 54.6 Å². The Balaban J connectivity index is 1.49. The molecule has 4 nitrogen and oxygen atoms in total. The number of likely N-dealkylation sites (tertiary alicyclic amines) is 1. The number of carbonyl (C=O) groups excluding carboxylic acids is 1. The zero-order chi connectivity index (χ0) is 18.6. The number of piperidine rings is 1. The molecule has 138 valence electrons. The van der Waals surface area contributed by atoms with Crippen LogP contribution in [0, 0.1) is 5.92 Å². The van der Waals surface area contributed by atoms with Crippen molar-refractivity contribution in [1.82, 2.24) is 9.88 Å². The summed E-state index contributed by atoms with van der Waals surface area (Å²) in [5, 5.41) is 2.16. The maximum atomic E-state index is 13.1. The van der Waals surface area contributed by atoms with Gasteiger partial charge in [0.05, 0.1) is 7.11 Å². The number of hydrogen-bond acceptors (Lipinski definition) is 4. The molecule has 3 aromatic rings. The van der Waals surface area contributed by atoms with Gasteiger partial charge in [0.2, 0.25) is 0 Å². The molecule has 1 aliphatic heterocycles. The first kappa shape index (κ1) is 17.7. The maximum absolute atomic E-state index is 13.1. The third-order valence-corrected chi connectivity index (χ3v) is 5.34. The van der Waals surface area contributed by atoms with Gasteiger partial charge in [0.1, 0.15) is 5.75 Å². The highest BCUT2D eigenvalue weighted by molar-refractivity contribution is 6.01. The monoisotopic (exact) mass is 360 g/mol. The number of aromatic nitrogens is 1. The smallest absolute Gasteiger partial charge is 0.167 e. The van der Waals surface area contributed by atoms with E-state index in [1.807, 2.05) is 48.7 Å². The number of Topliss-reactive ketones (excluding diaryl/α,β-unsaturated/α-hetero) is 1. The van der Waals surface area contributed by atoms with Crippen LogP contribution in [-0.4, -0.2) is 35.9 Å². The molecule has 0 unspecified atom stereocenters. The van der Waals surface area contributed by atoms with Crippen LogP contribution in [0.1, 0.15) is 28.8 Å². The lowest BCUT2D eigenvalue weighted by Gasteiger charge is -2.32. The normalized spacial score (nSPS) is 17.7. The minimum Gasteiger partial charge on any atom is -0.497 e. The maximum Gasteiger partial charge on any atom is 0.167 e. The van der Waals surface area contributed by atoms with Gasteiger partial charge in [-0.15, -0.1) is 0 Å². The van der Waals surface area contributed by atoms with E-state index in [4.69, 9.17) is 4.74 Å². The molecule has 0 radical (unpaired) electrons. The van der Waals surface area contributed by atoms with Crippen LogP contribution in [0.15, 0.2) is 60.9 Å². The fourth-order valence-corrected chi connectivity index (χ4v) is 3.90. The van der Waals surface area contributed by atoms with Crippen LogP contribution < -0.4 is 4.74 Å². The Labute approximate surface area is 159 Å². The number of nitrogens with zero attached hydrogens (tertiary/aromatic N) is 2. The molecule has 0 bridgehead atoms. The van der Waals surface area contributed by atoms with Crippen molar-refractivity contribution in [3.63, 3.8) is 0 Å². The lowest BCUT2D eigenvalue weighted by molar-refractivity contribution is 0.0811. The average Bonchev–Trinajstić information content (AvgIpc) is 2.73. The number of ketones is 1. The van der Waals surface area contributed by atoms with Gasteiger partial charge in [0, 0.05) is 37.0 Å². The number of fused-ring (bicyclic) bond motifs is 1. The number of rotatable bonds is 5. The molecular formula is C23H24N2O2. The van der Waals surface area contributed by atoms with E-state index in [2.05, 4.69) is 16.0 Å². The molecule has 2 aromatic carbocycles. The van der Waals surface area contributed by atoms with Gasteiger partial charge in [-0.3, -0.25) is 14.7 Å². The molecular weight excluding hydrogens is 336 g/mol. The zero-order valence-electron chi connectivity index (χ0n) is 15.6. The van der Waals surface area contributed by atoms with E-state index in [9.17, 15) is 4.79 Å². The predicted octanol–water partition coefficient (Wildman–Crippen LogP) is 4.34. The molecule has 0 N–H and O–H groups in total. The molecule has 1 fully saturated rings. The van der Waals surface area contributed by atoms with Crippen LogP contribution in [0.5, 0.6) is 5.75 Å². The number of hydrogen-bond donors (Lipinski definition) is 0. The summed E-state index contributed by atoms with van der Waals surface area (Å²) in [6.45, 7) is 2.71. The second-order valence-electron chi connectivity index (χ2n) is 7.23. The van der Waals surface area contributed by atoms with Gasteiger partial charge in [-0.25, -0.2) is 0 Å². The highest BCUT2D eigenvalue weighted by atomic mass is 16.5. The van der Waals surface area contributed by atoms with Crippen LogP contribution in [0.4, 0.5) is 0 Å². The van der Waals surface area contributed by atoms with Crippen molar-refractivity contribution in [2.75, 3.05) is 20.2 Å². The summed E-state index contributed by atoms with van der Waals surface area (Å²) >= 11 is 0. The Bertz CT molecular complexity index is 940. The lowest BCUT2D eigenvalue weighted by Crippen LogP contribution is -2.38. The molecule has 4 heteroatoms. The van der Waals surface area contributed by atoms with Crippen molar-refractivity contribution in [1.29, 1.82) is 0 Å². The molecule has 0 saturated carbocycles. The van der Waals surface area contributed by atoms with E-state index < -0.39 is 0 Å². The Kier molecular flexibility index (Phi) is 5.16. The first-order valence-electron chi connectivity index (χ1n) is 9.46. The summed E-state index contributed by atoms with van der Waals surface area (Å²) in [6.07, 6.45) is 5.72. The van der Waals surface area contributed by atoms with Crippen molar-refractivity contribution < 1.29 is 9.53 Å². The summed E-state index contributed by atoms with van der Waals surface area (Å²) < 4.78 is 5.28. The van der Waals surface area contributed by atoms with Gasteiger partial charge < -0.3 is 4.74 Å². The summed E-state index contributed by atoms with van der Waals surface area (Å²) in [5.74, 6) is 1.15. The molecule has 2 heterocycles. The van der Waals surface area contributed by atoms with Crippen LogP contribution in [-0.2, 0) is 6.54 Å². The van der Waals surface area contributed by atoms with Crippen LogP contribution in [0.3, 0.4) is 0 Å². The number of ether oxygens (including phenoxy) is 1. The van der Waals surface area contributed by atoms with Gasteiger partial charge in [0.25, 0.3) is 0 Å². The van der Waals surface area contributed by atoms with Gasteiger partial charge in [0.15, 0.2) is 5.78 Å². The minimum absolute atomic E-state index is 0.0612. The van der Waals surface area contributed by atoms with Crippen molar-refractivity contribution in [2.24, 2.45) is 5.92 Å². The Hall–Kier alpha value is -2.72. The molecule has 1 atom stereocenters. The summed E-state index contributed by atoms with van der Waals surface area (Å²) in [5.41, 5.74) is 2.01. The van der Waals surface area contributed by atoms with Crippen LogP contribution >= 0.6 is 0 Å². The standard InChI is InChI=1S/C23H24N2O2/c1-27-22-9-8-18-12-20(7-6-19(18)13-22)23(26)21-5-3-11-25(16-21)15-17-4-2-10-24-14-17/h2,4,6-10,12-14,21H,3,5,11,15-16H2,1H3/t21-/m1/s1. The molecule has 4 rings (SSSR count). The number of methoxy groups -OCH3 is 1. The van der Waals surface area contributed by atoms with Crippen LogP contribution in [0.25, 0.3) is 10.8 Å². The zero-order valence-corrected chi connectivity index (χ0v) is 15.6. The van der Waals surface area contributed by atoms with Gasteiger partial charge >= 0.3 is 0 Å². The third-order valence-electron chi connectivity index (χ3n) is 5.34. The largest absolute Gasteiger partial charge is 0.497 e. The SMILES string of the molecule is COc1ccc2cc(C(=O)[C@@H]3CCCN(Cc4cccnc4)C3)ccc2c1. The molecule has 0 spiro atoms. The highest BCUT2D eigenvalue weighted by Crippen LogP contribution is 2.26. The molecule has 0 amide bonds. The van der Waals surface area contributed by atoms with Gasteiger partial charge in [-0.05, 0) is 60.0 Å². The van der Waals surface area contributed by atoms with Gasteiger partial charge in [-0.1, -0.05) is 24.3 Å². The molecule has 27 heavy (non-hydrogen) atoms. The topological polar surface area (TPSA) is 42.4 Å². The second kappa shape index (κ2) is 7.89. The highest BCUT2D eigenvalue weighted by Gasteiger charge is 2.26. The Morgan fingerprint density at radius 1 is 1.19 bits per heavy atom. The molecule has 1 aliphatic rings. The minimum atomic E-state index is 0.0612. The summed E-state index contributed by atoms with van der Waals surface area (Å²) in [7, 11) is 1.67. The molecule has 1 saturated heterocycles. The second-order valence-corrected chi connectivity index (χ2v) is 7.23.